The molecule has 0 radical (unpaired) electrons. The molecule has 1 aromatic heterocycles. The Hall–Kier alpha value is -1.79. The average molecular weight is 287 g/mol. The number of nitrogens with zero attached hydrogens (tertiary/aromatic N) is 1. The first-order valence-electron chi connectivity index (χ1n) is 6.45. The van der Waals surface area contributed by atoms with Crippen LogP contribution in [-0.2, 0) is 4.79 Å². The van der Waals surface area contributed by atoms with E-state index in [0.29, 0.717) is 11.5 Å². The molecule has 4 nitrogen and oxygen atoms in total. The number of rotatable bonds is 2. The monoisotopic (exact) mass is 287 g/mol. The van der Waals surface area contributed by atoms with Gasteiger partial charge in [0.15, 0.2) is 0 Å². The van der Waals surface area contributed by atoms with E-state index in [4.69, 9.17) is 5.73 Å². The molecule has 0 aliphatic heterocycles. The molecule has 1 aliphatic rings. The van der Waals surface area contributed by atoms with Gasteiger partial charge in [0.1, 0.15) is 5.82 Å². The zero-order valence-electron chi connectivity index (χ0n) is 10.8. The van der Waals surface area contributed by atoms with Gasteiger partial charge in [0, 0.05) is 5.92 Å². The van der Waals surface area contributed by atoms with Crippen LogP contribution in [0.3, 0.4) is 0 Å². The van der Waals surface area contributed by atoms with E-state index in [2.05, 4.69) is 10.3 Å². The summed E-state index contributed by atoms with van der Waals surface area (Å²) < 4.78 is 37.6. The Morgan fingerprint density at radius 2 is 1.90 bits per heavy atom. The number of aromatic nitrogens is 1. The van der Waals surface area contributed by atoms with Crippen LogP contribution in [-0.4, -0.2) is 17.1 Å². The minimum absolute atomic E-state index is 0.0107. The predicted octanol–water partition coefficient (Wildman–Crippen LogP) is 2.97. The normalized spacial score (nSPS) is 23.4. The number of hydrogen-bond acceptors (Lipinski definition) is 3. The number of alkyl halides is 3. The summed E-state index contributed by atoms with van der Waals surface area (Å²) in [6.45, 7) is 0. The van der Waals surface area contributed by atoms with Gasteiger partial charge in [0.25, 0.3) is 0 Å². The highest BCUT2D eigenvalue weighted by atomic mass is 19.4. The Morgan fingerprint density at radius 1 is 1.25 bits per heavy atom. The van der Waals surface area contributed by atoms with Crippen LogP contribution in [0.15, 0.2) is 18.3 Å². The van der Waals surface area contributed by atoms with Gasteiger partial charge < -0.3 is 11.1 Å². The van der Waals surface area contributed by atoms with Crippen LogP contribution >= 0.6 is 0 Å². The van der Waals surface area contributed by atoms with Crippen LogP contribution < -0.4 is 11.1 Å². The summed E-state index contributed by atoms with van der Waals surface area (Å²) in [6, 6.07) is 3.16. The zero-order chi connectivity index (χ0) is 14.8. The molecule has 0 bridgehead atoms. The third kappa shape index (κ3) is 3.61. The average Bonchev–Trinajstić information content (AvgIpc) is 2.40. The lowest BCUT2D eigenvalue weighted by molar-refractivity contribution is -0.184. The van der Waals surface area contributed by atoms with Crippen molar-refractivity contribution >= 4 is 17.4 Å². The highest BCUT2D eigenvalue weighted by Crippen LogP contribution is 2.39. The summed E-state index contributed by atoms with van der Waals surface area (Å²) in [6.07, 6.45) is -2.21. The van der Waals surface area contributed by atoms with Gasteiger partial charge in [-0.2, -0.15) is 13.2 Å². The van der Waals surface area contributed by atoms with Crippen LogP contribution in [0.1, 0.15) is 25.7 Å². The third-order valence-corrected chi connectivity index (χ3v) is 3.60. The maximum Gasteiger partial charge on any atom is 0.391 e. The fourth-order valence-electron chi connectivity index (χ4n) is 2.39. The number of nitrogen functional groups attached to an aromatic ring is 1. The second-order valence-corrected chi connectivity index (χ2v) is 5.06. The van der Waals surface area contributed by atoms with Crippen molar-refractivity contribution in [2.24, 2.45) is 11.8 Å². The fraction of sp³-hybridized carbons (Fsp3) is 0.538. The molecule has 1 heterocycles. The number of nitrogens with one attached hydrogen (secondary N) is 1. The van der Waals surface area contributed by atoms with Crippen molar-refractivity contribution in [3.05, 3.63) is 18.3 Å². The lowest BCUT2D eigenvalue weighted by atomic mass is 9.81. The van der Waals surface area contributed by atoms with Crippen LogP contribution in [0.2, 0.25) is 0 Å². The van der Waals surface area contributed by atoms with Crippen LogP contribution in [0, 0.1) is 11.8 Å². The standard InChI is InChI=1S/C13H16F3N3O/c14-13(15,16)9-3-1-8(2-4-9)12(20)19-11-6-5-10(17)7-18-11/h5-9H,1-4,17H2,(H,18,19,20). The first-order valence-corrected chi connectivity index (χ1v) is 6.45. The van der Waals surface area contributed by atoms with Crippen LogP contribution in [0.5, 0.6) is 0 Å². The van der Waals surface area contributed by atoms with Crippen LogP contribution in [0.4, 0.5) is 24.7 Å². The van der Waals surface area contributed by atoms with Gasteiger partial charge in [-0.05, 0) is 37.8 Å². The quantitative estimate of drug-likeness (QED) is 0.878. The molecular formula is C13H16F3N3O. The highest BCUT2D eigenvalue weighted by Gasteiger charge is 2.42. The van der Waals surface area contributed by atoms with Gasteiger partial charge in [-0.3, -0.25) is 4.79 Å². The van der Waals surface area contributed by atoms with Crippen molar-refractivity contribution in [3.8, 4) is 0 Å². The van der Waals surface area contributed by atoms with Gasteiger partial charge in [-0.25, -0.2) is 4.98 Å². The van der Waals surface area contributed by atoms with E-state index in [1.807, 2.05) is 0 Å². The van der Waals surface area contributed by atoms with Gasteiger partial charge in [0.2, 0.25) is 5.91 Å². The summed E-state index contributed by atoms with van der Waals surface area (Å²) in [4.78, 5) is 15.9. The second-order valence-electron chi connectivity index (χ2n) is 5.06. The molecule has 1 amide bonds. The van der Waals surface area contributed by atoms with E-state index in [1.54, 1.807) is 12.1 Å². The first-order chi connectivity index (χ1) is 9.36. The summed E-state index contributed by atoms with van der Waals surface area (Å²) in [5.74, 6) is -1.57. The van der Waals surface area contributed by atoms with E-state index in [9.17, 15) is 18.0 Å². The molecule has 7 heteroatoms. The molecule has 0 saturated heterocycles. The molecule has 0 aromatic carbocycles. The summed E-state index contributed by atoms with van der Waals surface area (Å²) in [5, 5.41) is 2.61. The highest BCUT2D eigenvalue weighted by molar-refractivity contribution is 5.91. The van der Waals surface area contributed by atoms with E-state index in [0.717, 1.165) is 0 Å². The number of nitrogens with two attached hydrogens (primary N) is 1. The summed E-state index contributed by atoms with van der Waals surface area (Å²) in [7, 11) is 0. The maximum atomic E-state index is 12.5. The molecule has 110 valence electrons. The van der Waals surface area contributed by atoms with Gasteiger partial charge in [-0.15, -0.1) is 0 Å². The smallest absolute Gasteiger partial charge is 0.391 e. The van der Waals surface area contributed by atoms with Gasteiger partial charge in [0.05, 0.1) is 17.8 Å². The molecule has 1 aliphatic carbocycles. The molecular weight excluding hydrogens is 271 g/mol. The Kier molecular flexibility index (Phi) is 4.15. The summed E-state index contributed by atoms with van der Waals surface area (Å²) in [5.41, 5.74) is 5.95. The molecule has 2 rings (SSSR count). The van der Waals surface area contributed by atoms with E-state index in [-0.39, 0.29) is 37.5 Å². The molecule has 0 atom stereocenters. The Morgan fingerprint density at radius 3 is 2.40 bits per heavy atom. The topological polar surface area (TPSA) is 68.0 Å². The predicted molar refractivity (Wildman–Crippen MR) is 68.8 cm³/mol. The molecule has 1 saturated carbocycles. The molecule has 1 fully saturated rings. The van der Waals surface area contributed by atoms with Crippen molar-refractivity contribution in [2.75, 3.05) is 11.1 Å². The second kappa shape index (κ2) is 5.68. The zero-order valence-corrected chi connectivity index (χ0v) is 10.8. The largest absolute Gasteiger partial charge is 0.397 e. The van der Waals surface area contributed by atoms with Gasteiger partial charge in [-0.1, -0.05) is 0 Å². The number of carbonyl (C=O) groups excluding carboxylic acids is 1. The Balaban J connectivity index is 1.87. The number of carbonyl (C=O) groups is 1. The lowest BCUT2D eigenvalue weighted by Gasteiger charge is -2.28. The van der Waals surface area contributed by atoms with Gasteiger partial charge >= 0.3 is 6.18 Å². The number of hydrogen-bond donors (Lipinski definition) is 2. The Bertz CT molecular complexity index is 465. The fourth-order valence-corrected chi connectivity index (χ4v) is 2.39. The molecule has 1 aromatic rings. The molecule has 20 heavy (non-hydrogen) atoms. The third-order valence-electron chi connectivity index (χ3n) is 3.60. The maximum absolute atomic E-state index is 12.5. The molecule has 0 unspecified atom stereocenters. The summed E-state index contributed by atoms with van der Waals surface area (Å²) >= 11 is 0. The van der Waals surface area contributed by atoms with Crippen molar-refractivity contribution in [3.63, 3.8) is 0 Å². The SMILES string of the molecule is Nc1ccc(NC(=O)C2CCC(C(F)(F)F)CC2)nc1. The minimum Gasteiger partial charge on any atom is -0.397 e. The van der Waals surface area contributed by atoms with E-state index in [1.165, 1.54) is 6.20 Å². The minimum atomic E-state index is -4.15. The number of halogens is 3. The lowest BCUT2D eigenvalue weighted by Crippen LogP contribution is -2.32. The first kappa shape index (κ1) is 14.6. The van der Waals surface area contributed by atoms with Crippen molar-refractivity contribution in [2.45, 2.75) is 31.9 Å². The van der Waals surface area contributed by atoms with E-state index >= 15 is 0 Å². The van der Waals surface area contributed by atoms with Crippen molar-refractivity contribution in [1.82, 2.24) is 4.98 Å². The molecule has 0 spiro atoms. The Labute approximate surface area is 114 Å². The van der Waals surface area contributed by atoms with Crippen LogP contribution in [0.25, 0.3) is 0 Å². The number of amides is 1. The van der Waals surface area contributed by atoms with Crippen molar-refractivity contribution in [1.29, 1.82) is 0 Å². The molecule has 3 N–H and O–H groups in total. The van der Waals surface area contributed by atoms with Crippen molar-refractivity contribution < 1.29 is 18.0 Å². The number of pyridine rings is 1. The van der Waals surface area contributed by atoms with E-state index < -0.39 is 12.1 Å². The number of anilines is 2.